The van der Waals surface area contributed by atoms with Gasteiger partial charge in [-0.1, -0.05) is 37.1 Å². The Hall–Kier alpha value is -1.28. The van der Waals surface area contributed by atoms with Crippen molar-refractivity contribution < 1.29 is 4.74 Å². The maximum atomic E-state index is 5.21. The lowest BCUT2D eigenvalue weighted by Crippen LogP contribution is -2.34. The second-order valence-corrected chi connectivity index (χ2v) is 5.32. The second-order valence-electron chi connectivity index (χ2n) is 5.32. The molecule has 96 valence electrons. The smallest absolute Gasteiger partial charge is 0.118 e. The van der Waals surface area contributed by atoms with Crippen LogP contribution in [0, 0.1) is 0 Å². The van der Waals surface area contributed by atoms with Gasteiger partial charge in [-0.2, -0.15) is 0 Å². The van der Waals surface area contributed by atoms with Gasteiger partial charge < -0.3 is 4.74 Å². The maximum Gasteiger partial charge on any atom is 0.118 e. The lowest BCUT2D eigenvalue weighted by Gasteiger charge is -2.28. The van der Waals surface area contributed by atoms with E-state index < -0.39 is 0 Å². The molecule has 0 unspecified atom stereocenters. The molecule has 1 aromatic carbocycles. The summed E-state index contributed by atoms with van der Waals surface area (Å²) >= 11 is 0. The Kier molecular flexibility index (Phi) is 3.37. The van der Waals surface area contributed by atoms with Gasteiger partial charge in [0.2, 0.25) is 0 Å². The van der Waals surface area contributed by atoms with Crippen molar-refractivity contribution in [2.24, 2.45) is 0 Å². The number of hydrogen-bond acceptors (Lipinski definition) is 2. The lowest BCUT2D eigenvalue weighted by atomic mass is 10.1. The second kappa shape index (κ2) is 5.15. The fourth-order valence-corrected chi connectivity index (χ4v) is 3.13. The average molecular weight is 243 g/mol. The summed E-state index contributed by atoms with van der Waals surface area (Å²) in [4.78, 5) is 2.65. The minimum absolute atomic E-state index is 0.666. The number of nitrogens with zero attached hydrogens (tertiary/aromatic N) is 1. The van der Waals surface area contributed by atoms with Crippen LogP contribution in [0.4, 0.5) is 0 Å². The van der Waals surface area contributed by atoms with Crippen molar-refractivity contribution in [3.8, 4) is 5.75 Å². The molecule has 1 saturated heterocycles. The summed E-state index contributed by atoms with van der Waals surface area (Å²) in [5.74, 6) is 0.940. The van der Waals surface area contributed by atoms with Gasteiger partial charge in [-0.3, -0.25) is 4.90 Å². The summed E-state index contributed by atoms with van der Waals surface area (Å²) in [5, 5.41) is 0. The highest BCUT2D eigenvalue weighted by Gasteiger charge is 2.30. The number of methoxy groups -OCH3 is 1. The molecule has 1 fully saturated rings. The Bertz CT molecular complexity index is 407. The summed E-state index contributed by atoms with van der Waals surface area (Å²) in [5.41, 5.74) is 1.39. The van der Waals surface area contributed by atoms with Crippen LogP contribution in [-0.4, -0.2) is 24.1 Å². The van der Waals surface area contributed by atoms with E-state index in [9.17, 15) is 0 Å². The van der Waals surface area contributed by atoms with E-state index in [0.717, 1.165) is 12.3 Å². The van der Waals surface area contributed by atoms with E-state index in [1.807, 2.05) is 0 Å². The third kappa shape index (κ3) is 2.30. The minimum atomic E-state index is 0.666. The van der Waals surface area contributed by atoms with Crippen LogP contribution < -0.4 is 4.74 Å². The molecule has 0 amide bonds. The predicted molar refractivity (Wildman–Crippen MR) is 73.7 cm³/mol. The van der Waals surface area contributed by atoms with Crippen molar-refractivity contribution in [1.82, 2.24) is 4.90 Å². The summed E-state index contributed by atoms with van der Waals surface area (Å²) in [6, 6.07) is 9.82. The van der Waals surface area contributed by atoms with E-state index in [0.29, 0.717) is 12.1 Å². The average Bonchev–Trinajstić information content (AvgIpc) is 2.64. The standard InChI is InChI=1S/C16H21NO/c1-18-16-10-6-13(7-11-16)12-17-14-4-2-3-5-15(17)9-8-14/h6-11,14-15H,2-5,12H2,1H3/t14-,15+. The molecule has 2 aliphatic heterocycles. The van der Waals surface area contributed by atoms with Gasteiger partial charge in [0.25, 0.3) is 0 Å². The summed E-state index contributed by atoms with van der Waals surface area (Å²) in [7, 11) is 1.72. The monoisotopic (exact) mass is 243 g/mol. The summed E-state index contributed by atoms with van der Waals surface area (Å²) in [6.45, 7) is 1.06. The molecule has 2 atom stereocenters. The van der Waals surface area contributed by atoms with Gasteiger partial charge in [-0.25, -0.2) is 0 Å². The van der Waals surface area contributed by atoms with Gasteiger partial charge in [0.1, 0.15) is 5.75 Å². The van der Waals surface area contributed by atoms with Gasteiger partial charge in [-0.05, 0) is 30.5 Å². The zero-order valence-corrected chi connectivity index (χ0v) is 11.0. The Morgan fingerprint density at radius 1 is 1.06 bits per heavy atom. The molecule has 0 spiro atoms. The van der Waals surface area contributed by atoms with Gasteiger partial charge >= 0.3 is 0 Å². The van der Waals surface area contributed by atoms with Crippen molar-refractivity contribution in [3.05, 3.63) is 42.0 Å². The molecule has 2 nitrogen and oxygen atoms in total. The van der Waals surface area contributed by atoms with E-state index in [2.05, 4.69) is 41.3 Å². The van der Waals surface area contributed by atoms with Gasteiger partial charge in [0.05, 0.1) is 7.11 Å². The van der Waals surface area contributed by atoms with Crippen LogP contribution in [0.3, 0.4) is 0 Å². The largest absolute Gasteiger partial charge is 0.497 e. The van der Waals surface area contributed by atoms with Gasteiger partial charge in [0, 0.05) is 18.6 Å². The molecule has 18 heavy (non-hydrogen) atoms. The first kappa shape index (κ1) is 11.8. The van der Waals surface area contributed by atoms with Crippen molar-refractivity contribution >= 4 is 0 Å². The molecular formula is C16H21NO. The minimum Gasteiger partial charge on any atom is -0.497 e. The van der Waals surface area contributed by atoms with E-state index in [1.165, 1.54) is 31.2 Å². The van der Waals surface area contributed by atoms with Crippen molar-refractivity contribution in [2.45, 2.75) is 44.3 Å². The molecule has 0 saturated carbocycles. The zero-order valence-electron chi connectivity index (χ0n) is 11.0. The summed E-state index contributed by atoms with van der Waals surface area (Å²) < 4.78 is 5.21. The highest BCUT2D eigenvalue weighted by Crippen LogP contribution is 2.30. The third-order valence-corrected chi connectivity index (χ3v) is 4.18. The number of rotatable bonds is 3. The van der Waals surface area contributed by atoms with Crippen molar-refractivity contribution in [1.29, 1.82) is 0 Å². The predicted octanol–water partition coefficient (Wildman–Crippen LogP) is 3.38. The van der Waals surface area contributed by atoms with E-state index >= 15 is 0 Å². The van der Waals surface area contributed by atoms with E-state index in [1.54, 1.807) is 7.11 Å². The topological polar surface area (TPSA) is 12.5 Å². The SMILES string of the molecule is COc1ccc(CN2[C@@H]3C=C[C@H]2CCCC3)cc1. The summed E-state index contributed by atoms with van der Waals surface area (Å²) in [6.07, 6.45) is 10.2. The molecule has 2 bridgehead atoms. The van der Waals surface area contributed by atoms with E-state index in [-0.39, 0.29) is 0 Å². The molecule has 1 aromatic rings. The molecule has 0 aliphatic carbocycles. The van der Waals surface area contributed by atoms with Crippen molar-refractivity contribution in [3.63, 3.8) is 0 Å². The molecule has 2 aliphatic rings. The first-order valence-corrected chi connectivity index (χ1v) is 6.94. The fourth-order valence-electron chi connectivity index (χ4n) is 3.13. The number of hydrogen-bond donors (Lipinski definition) is 0. The molecule has 0 N–H and O–H groups in total. The van der Waals surface area contributed by atoms with Gasteiger partial charge in [0.15, 0.2) is 0 Å². The van der Waals surface area contributed by atoms with Crippen LogP contribution in [0.2, 0.25) is 0 Å². The Morgan fingerprint density at radius 2 is 1.67 bits per heavy atom. The van der Waals surface area contributed by atoms with Crippen LogP contribution >= 0.6 is 0 Å². The Morgan fingerprint density at radius 3 is 2.22 bits per heavy atom. The van der Waals surface area contributed by atoms with Gasteiger partial charge in [-0.15, -0.1) is 0 Å². The zero-order chi connectivity index (χ0) is 12.4. The lowest BCUT2D eigenvalue weighted by molar-refractivity contribution is 0.201. The highest BCUT2D eigenvalue weighted by molar-refractivity contribution is 5.27. The van der Waals surface area contributed by atoms with E-state index in [4.69, 9.17) is 4.74 Å². The van der Waals surface area contributed by atoms with Crippen LogP contribution in [0.25, 0.3) is 0 Å². The molecular weight excluding hydrogens is 222 g/mol. The maximum absolute atomic E-state index is 5.21. The molecule has 3 rings (SSSR count). The molecule has 2 heteroatoms. The highest BCUT2D eigenvalue weighted by atomic mass is 16.5. The van der Waals surface area contributed by atoms with Crippen LogP contribution in [0.1, 0.15) is 31.2 Å². The fraction of sp³-hybridized carbons (Fsp3) is 0.500. The molecule has 2 heterocycles. The third-order valence-electron chi connectivity index (χ3n) is 4.18. The number of ether oxygens (including phenoxy) is 1. The van der Waals surface area contributed by atoms with Crippen LogP contribution in [0.15, 0.2) is 36.4 Å². The first-order valence-electron chi connectivity index (χ1n) is 6.94. The number of fused-ring (bicyclic) bond motifs is 2. The normalized spacial score (nSPS) is 27.2. The van der Waals surface area contributed by atoms with Crippen LogP contribution in [-0.2, 0) is 6.54 Å². The quantitative estimate of drug-likeness (QED) is 0.755. The van der Waals surface area contributed by atoms with Crippen LogP contribution in [0.5, 0.6) is 5.75 Å². The number of benzene rings is 1. The first-order chi connectivity index (χ1) is 8.86. The van der Waals surface area contributed by atoms with Crippen molar-refractivity contribution in [2.75, 3.05) is 7.11 Å². The Balaban J connectivity index is 1.71. The Labute approximate surface area is 109 Å². The molecule has 0 radical (unpaired) electrons. The molecule has 0 aromatic heterocycles.